The largest absolute Gasteiger partial charge is 0.496 e. The SMILES string of the molecule is COc1cc(C#N)cc(F)c1C(O)CCc1cn(C(c2ccccc2)(c2ccccc2)c2ccccc2)cn1. The minimum Gasteiger partial charge on any atom is -0.496 e. The van der Waals surface area contributed by atoms with Crippen LogP contribution in [-0.4, -0.2) is 21.8 Å². The van der Waals surface area contributed by atoms with Crippen molar-refractivity contribution in [2.24, 2.45) is 0 Å². The van der Waals surface area contributed by atoms with Crippen LogP contribution in [0, 0.1) is 17.1 Å². The molecule has 0 aliphatic heterocycles. The standard InChI is InChI=1S/C33H28FN3O2/c1-39-31-20-24(21-35)19-29(34)32(31)30(38)18-17-28-22-37(23-36-28)33(25-11-5-2-6-12-25,26-13-7-3-8-14-26)27-15-9-4-10-16-27/h2-16,19-20,22-23,30,38H,17-18H2,1H3. The molecule has 5 nitrogen and oxygen atoms in total. The van der Waals surface area contributed by atoms with Crippen LogP contribution in [0.1, 0.15) is 46.0 Å². The van der Waals surface area contributed by atoms with E-state index in [1.165, 1.54) is 13.2 Å². The minimum absolute atomic E-state index is 0.0446. The molecule has 6 heteroatoms. The van der Waals surface area contributed by atoms with Crippen LogP contribution < -0.4 is 4.74 Å². The Balaban J connectivity index is 1.53. The molecule has 0 aliphatic rings. The van der Waals surface area contributed by atoms with E-state index in [1.807, 2.05) is 73.2 Å². The third-order valence-electron chi connectivity index (χ3n) is 7.05. The van der Waals surface area contributed by atoms with E-state index in [4.69, 9.17) is 15.0 Å². The van der Waals surface area contributed by atoms with Gasteiger partial charge in [0.1, 0.15) is 17.1 Å². The van der Waals surface area contributed by atoms with Gasteiger partial charge in [-0.3, -0.25) is 0 Å². The van der Waals surface area contributed by atoms with Gasteiger partial charge in [-0.25, -0.2) is 9.37 Å². The summed E-state index contributed by atoms with van der Waals surface area (Å²) in [7, 11) is 1.39. The number of rotatable bonds is 9. The zero-order valence-corrected chi connectivity index (χ0v) is 21.5. The maximum atomic E-state index is 14.8. The number of aromatic nitrogens is 2. The molecule has 39 heavy (non-hydrogen) atoms. The van der Waals surface area contributed by atoms with Crippen LogP contribution in [0.25, 0.3) is 0 Å². The first-order valence-corrected chi connectivity index (χ1v) is 12.7. The van der Waals surface area contributed by atoms with Crippen molar-refractivity contribution in [1.82, 2.24) is 9.55 Å². The van der Waals surface area contributed by atoms with E-state index >= 15 is 0 Å². The second kappa shape index (κ2) is 11.3. The number of nitriles is 1. The Morgan fingerprint density at radius 1 is 0.923 bits per heavy atom. The van der Waals surface area contributed by atoms with Gasteiger partial charge in [-0.05, 0) is 41.7 Å². The second-order valence-electron chi connectivity index (χ2n) is 9.32. The molecule has 1 N–H and O–H groups in total. The predicted molar refractivity (Wildman–Crippen MR) is 148 cm³/mol. The Labute approximate surface area is 227 Å². The molecule has 0 amide bonds. The summed E-state index contributed by atoms with van der Waals surface area (Å²) in [4.78, 5) is 4.70. The van der Waals surface area contributed by atoms with Gasteiger partial charge < -0.3 is 14.4 Å². The van der Waals surface area contributed by atoms with Gasteiger partial charge in [0.05, 0.1) is 42.4 Å². The molecule has 1 aromatic heterocycles. The van der Waals surface area contributed by atoms with Crippen LogP contribution in [0.4, 0.5) is 4.39 Å². The summed E-state index contributed by atoms with van der Waals surface area (Å²) in [6.07, 6.45) is 3.32. The molecule has 5 rings (SSSR count). The number of aryl methyl sites for hydroxylation is 1. The summed E-state index contributed by atoms with van der Waals surface area (Å²) >= 11 is 0. The summed E-state index contributed by atoms with van der Waals surface area (Å²) < 4.78 is 22.1. The van der Waals surface area contributed by atoms with E-state index in [9.17, 15) is 9.50 Å². The number of aliphatic hydroxyl groups is 1. The third-order valence-corrected chi connectivity index (χ3v) is 7.05. The molecule has 0 bridgehead atoms. The minimum atomic E-state index is -1.13. The van der Waals surface area contributed by atoms with Crippen molar-refractivity contribution < 1.29 is 14.2 Å². The molecule has 1 unspecified atom stereocenters. The molecule has 0 saturated carbocycles. The second-order valence-corrected chi connectivity index (χ2v) is 9.32. The lowest BCUT2D eigenvalue weighted by Gasteiger charge is -2.37. The van der Waals surface area contributed by atoms with Gasteiger partial charge >= 0.3 is 0 Å². The molecule has 0 radical (unpaired) electrons. The topological polar surface area (TPSA) is 71.1 Å². The van der Waals surface area contributed by atoms with E-state index in [0.29, 0.717) is 6.42 Å². The van der Waals surface area contributed by atoms with Gasteiger partial charge in [0.15, 0.2) is 0 Å². The van der Waals surface area contributed by atoms with Crippen molar-refractivity contribution in [2.75, 3.05) is 7.11 Å². The van der Waals surface area contributed by atoms with Gasteiger partial charge in [-0.15, -0.1) is 0 Å². The number of imidazole rings is 1. The summed E-state index contributed by atoms with van der Waals surface area (Å²) in [6, 6.07) is 35.3. The molecule has 0 spiro atoms. The Morgan fingerprint density at radius 2 is 1.46 bits per heavy atom. The summed E-state index contributed by atoms with van der Waals surface area (Å²) in [5.74, 6) is -0.513. The molecule has 5 aromatic rings. The van der Waals surface area contributed by atoms with Crippen molar-refractivity contribution in [2.45, 2.75) is 24.5 Å². The predicted octanol–water partition coefficient (Wildman–Crippen LogP) is 6.41. The highest BCUT2D eigenvalue weighted by Crippen LogP contribution is 2.41. The monoisotopic (exact) mass is 517 g/mol. The van der Waals surface area contributed by atoms with Crippen LogP contribution >= 0.6 is 0 Å². The molecule has 0 saturated heterocycles. The highest BCUT2D eigenvalue weighted by Gasteiger charge is 2.38. The van der Waals surface area contributed by atoms with Crippen LogP contribution in [0.3, 0.4) is 0 Å². The average Bonchev–Trinajstić information content (AvgIpc) is 3.46. The number of hydrogen-bond acceptors (Lipinski definition) is 4. The highest BCUT2D eigenvalue weighted by molar-refractivity contribution is 5.51. The van der Waals surface area contributed by atoms with Crippen LogP contribution in [0.5, 0.6) is 5.75 Å². The molecule has 1 heterocycles. The zero-order chi connectivity index (χ0) is 27.2. The molecule has 4 aromatic carbocycles. The highest BCUT2D eigenvalue weighted by atomic mass is 19.1. The van der Waals surface area contributed by atoms with Crippen LogP contribution in [0.2, 0.25) is 0 Å². The quantitative estimate of drug-likeness (QED) is 0.229. The first-order chi connectivity index (χ1) is 19.1. The van der Waals surface area contributed by atoms with Crippen LogP contribution in [-0.2, 0) is 12.0 Å². The maximum absolute atomic E-state index is 14.8. The van der Waals surface area contributed by atoms with E-state index in [-0.39, 0.29) is 23.3 Å². The fraction of sp³-hybridized carbons (Fsp3) is 0.152. The van der Waals surface area contributed by atoms with E-state index < -0.39 is 17.5 Å². The molecule has 1 atom stereocenters. The van der Waals surface area contributed by atoms with E-state index in [2.05, 4.69) is 41.0 Å². The van der Waals surface area contributed by atoms with E-state index in [1.54, 1.807) is 0 Å². The third kappa shape index (κ3) is 4.93. The Hall–Kier alpha value is -4.73. The number of hydrogen-bond donors (Lipinski definition) is 1. The number of aliphatic hydroxyl groups excluding tert-OH is 1. The number of ether oxygens (including phenoxy) is 1. The van der Waals surface area contributed by atoms with E-state index in [0.717, 1.165) is 28.5 Å². The first-order valence-electron chi connectivity index (χ1n) is 12.7. The van der Waals surface area contributed by atoms with Gasteiger partial charge in [-0.2, -0.15) is 5.26 Å². The average molecular weight is 518 g/mol. The molecular weight excluding hydrogens is 489 g/mol. The van der Waals surface area contributed by atoms with Crippen molar-refractivity contribution >= 4 is 0 Å². The van der Waals surface area contributed by atoms with Gasteiger partial charge in [0, 0.05) is 6.20 Å². The van der Waals surface area contributed by atoms with Crippen molar-refractivity contribution in [1.29, 1.82) is 5.26 Å². The number of nitrogens with zero attached hydrogens (tertiary/aromatic N) is 3. The van der Waals surface area contributed by atoms with Gasteiger partial charge in [-0.1, -0.05) is 91.0 Å². The summed E-state index contributed by atoms with van der Waals surface area (Å²) in [5.41, 5.74) is 3.49. The first kappa shape index (κ1) is 25.9. The lowest BCUT2D eigenvalue weighted by atomic mass is 9.77. The summed E-state index contributed by atoms with van der Waals surface area (Å²) in [5, 5.41) is 20.0. The Bertz CT molecular complexity index is 1480. The Morgan fingerprint density at radius 3 is 1.95 bits per heavy atom. The zero-order valence-electron chi connectivity index (χ0n) is 21.5. The molecule has 0 aliphatic carbocycles. The van der Waals surface area contributed by atoms with Gasteiger partial charge in [0.25, 0.3) is 0 Å². The number of benzene rings is 4. The summed E-state index contributed by atoms with van der Waals surface area (Å²) in [6.45, 7) is 0. The van der Waals surface area contributed by atoms with Crippen LogP contribution in [0.15, 0.2) is 116 Å². The maximum Gasteiger partial charge on any atom is 0.134 e. The fourth-order valence-corrected chi connectivity index (χ4v) is 5.24. The molecule has 0 fully saturated rings. The molecular formula is C33H28FN3O2. The van der Waals surface area contributed by atoms with Crippen molar-refractivity contribution in [3.8, 4) is 11.8 Å². The smallest absolute Gasteiger partial charge is 0.134 e. The Kier molecular flexibility index (Phi) is 7.53. The lowest BCUT2D eigenvalue weighted by molar-refractivity contribution is 0.158. The van der Waals surface area contributed by atoms with Gasteiger partial charge in [0.2, 0.25) is 0 Å². The number of halogens is 1. The lowest BCUT2D eigenvalue weighted by Crippen LogP contribution is -2.36. The van der Waals surface area contributed by atoms with Crippen molar-refractivity contribution in [3.63, 3.8) is 0 Å². The van der Waals surface area contributed by atoms with Crippen molar-refractivity contribution in [3.05, 3.63) is 155 Å². The fourth-order valence-electron chi connectivity index (χ4n) is 5.24. The molecule has 194 valence electrons. The number of methoxy groups -OCH3 is 1. The normalized spacial score (nSPS) is 12.1.